The lowest BCUT2D eigenvalue weighted by molar-refractivity contribution is -0.0432. The standard InChI is InChI=1S/C15H19ClN2O/c1-2-4-15(5-3-6-15)14(19)12-8-11(16)7-10-9-17-18-13(10)12/h7-9,14,19H,2-6H2,1H3,(H,17,18). The van der Waals surface area contributed by atoms with Gasteiger partial charge in [0.05, 0.1) is 17.8 Å². The Hall–Kier alpha value is -1.06. The molecular weight excluding hydrogens is 260 g/mol. The molecule has 0 saturated heterocycles. The molecule has 1 unspecified atom stereocenters. The zero-order valence-corrected chi connectivity index (χ0v) is 11.9. The van der Waals surface area contributed by atoms with Gasteiger partial charge in [-0.05, 0) is 31.4 Å². The van der Waals surface area contributed by atoms with Crippen molar-refractivity contribution in [3.8, 4) is 0 Å². The lowest BCUT2D eigenvalue weighted by atomic mass is 9.61. The van der Waals surface area contributed by atoms with Crippen LogP contribution in [0.15, 0.2) is 18.3 Å². The van der Waals surface area contributed by atoms with Crippen LogP contribution in [-0.2, 0) is 0 Å². The van der Waals surface area contributed by atoms with Crippen LogP contribution in [0.4, 0.5) is 0 Å². The van der Waals surface area contributed by atoms with E-state index in [9.17, 15) is 5.11 Å². The molecule has 1 aliphatic carbocycles. The number of hydrogen-bond donors (Lipinski definition) is 2. The van der Waals surface area contributed by atoms with E-state index in [1.165, 1.54) is 6.42 Å². The number of nitrogens with one attached hydrogen (secondary N) is 1. The van der Waals surface area contributed by atoms with E-state index in [1.807, 2.05) is 12.1 Å². The molecule has 0 radical (unpaired) electrons. The Morgan fingerprint density at radius 1 is 1.47 bits per heavy atom. The highest BCUT2D eigenvalue weighted by Gasteiger charge is 2.43. The molecule has 0 spiro atoms. The predicted octanol–water partition coefficient (Wildman–Crippen LogP) is 4.22. The lowest BCUT2D eigenvalue weighted by Crippen LogP contribution is -2.36. The van der Waals surface area contributed by atoms with Crippen molar-refractivity contribution in [1.82, 2.24) is 10.2 Å². The Balaban J connectivity index is 2.05. The number of halogens is 1. The van der Waals surface area contributed by atoms with Crippen molar-refractivity contribution < 1.29 is 5.11 Å². The van der Waals surface area contributed by atoms with E-state index in [-0.39, 0.29) is 5.41 Å². The average molecular weight is 279 g/mol. The number of fused-ring (bicyclic) bond motifs is 1. The third-order valence-corrected chi connectivity index (χ3v) is 4.73. The predicted molar refractivity (Wildman–Crippen MR) is 77.3 cm³/mol. The zero-order valence-electron chi connectivity index (χ0n) is 11.1. The summed E-state index contributed by atoms with van der Waals surface area (Å²) in [6.45, 7) is 2.18. The van der Waals surface area contributed by atoms with Crippen molar-refractivity contribution in [3.63, 3.8) is 0 Å². The van der Waals surface area contributed by atoms with Crippen LogP contribution < -0.4 is 0 Å². The summed E-state index contributed by atoms with van der Waals surface area (Å²) in [6, 6.07) is 3.76. The van der Waals surface area contributed by atoms with E-state index in [2.05, 4.69) is 17.1 Å². The maximum absolute atomic E-state index is 10.9. The summed E-state index contributed by atoms with van der Waals surface area (Å²) >= 11 is 6.16. The molecule has 1 saturated carbocycles. The van der Waals surface area contributed by atoms with Gasteiger partial charge >= 0.3 is 0 Å². The molecule has 3 rings (SSSR count). The van der Waals surface area contributed by atoms with Gasteiger partial charge in [0.1, 0.15) is 0 Å². The second kappa shape index (κ2) is 4.80. The minimum absolute atomic E-state index is 0.0392. The summed E-state index contributed by atoms with van der Waals surface area (Å²) < 4.78 is 0. The van der Waals surface area contributed by atoms with Crippen LogP contribution in [0.1, 0.15) is 50.7 Å². The van der Waals surface area contributed by atoms with Crippen LogP contribution in [0, 0.1) is 5.41 Å². The van der Waals surface area contributed by atoms with Crippen LogP contribution in [-0.4, -0.2) is 15.3 Å². The van der Waals surface area contributed by atoms with Crippen LogP contribution in [0.2, 0.25) is 5.02 Å². The van der Waals surface area contributed by atoms with Gasteiger partial charge in [-0.3, -0.25) is 5.10 Å². The van der Waals surface area contributed by atoms with E-state index in [4.69, 9.17) is 11.6 Å². The molecule has 1 heterocycles. The molecule has 2 aromatic rings. The first-order valence-electron chi connectivity index (χ1n) is 6.97. The van der Waals surface area contributed by atoms with E-state index in [0.29, 0.717) is 5.02 Å². The Morgan fingerprint density at radius 2 is 2.26 bits per heavy atom. The van der Waals surface area contributed by atoms with Crippen molar-refractivity contribution in [3.05, 3.63) is 28.9 Å². The quantitative estimate of drug-likeness (QED) is 0.880. The van der Waals surface area contributed by atoms with Gasteiger partial charge in [0, 0.05) is 21.4 Å². The van der Waals surface area contributed by atoms with Gasteiger partial charge in [-0.1, -0.05) is 31.4 Å². The van der Waals surface area contributed by atoms with Crippen molar-refractivity contribution in [1.29, 1.82) is 0 Å². The topological polar surface area (TPSA) is 48.9 Å². The number of H-pyrrole nitrogens is 1. The smallest absolute Gasteiger partial charge is 0.0867 e. The summed E-state index contributed by atoms with van der Waals surface area (Å²) in [5.41, 5.74) is 1.85. The van der Waals surface area contributed by atoms with Gasteiger partial charge in [-0.2, -0.15) is 5.10 Å². The molecule has 1 aromatic carbocycles. The molecular formula is C15H19ClN2O. The number of benzene rings is 1. The van der Waals surface area contributed by atoms with E-state index in [0.717, 1.165) is 42.1 Å². The second-order valence-electron chi connectivity index (χ2n) is 5.70. The molecule has 19 heavy (non-hydrogen) atoms. The lowest BCUT2D eigenvalue weighted by Gasteiger charge is -2.46. The minimum Gasteiger partial charge on any atom is -0.388 e. The summed E-state index contributed by atoms with van der Waals surface area (Å²) in [6.07, 6.45) is 6.88. The van der Waals surface area contributed by atoms with Gasteiger partial charge < -0.3 is 5.11 Å². The fraction of sp³-hybridized carbons (Fsp3) is 0.533. The fourth-order valence-electron chi connectivity index (χ4n) is 3.38. The Bertz CT molecular complexity index is 589. The van der Waals surface area contributed by atoms with Crippen molar-refractivity contribution in [2.75, 3.05) is 0 Å². The van der Waals surface area contributed by atoms with Crippen molar-refractivity contribution in [2.24, 2.45) is 5.41 Å². The summed E-state index contributed by atoms with van der Waals surface area (Å²) in [7, 11) is 0. The van der Waals surface area contributed by atoms with Crippen LogP contribution in [0.25, 0.3) is 10.9 Å². The molecule has 1 fully saturated rings. The molecule has 3 nitrogen and oxygen atoms in total. The van der Waals surface area contributed by atoms with Gasteiger partial charge in [0.25, 0.3) is 0 Å². The normalized spacial score (nSPS) is 19.3. The average Bonchev–Trinajstić information content (AvgIpc) is 2.79. The van der Waals surface area contributed by atoms with E-state index >= 15 is 0 Å². The van der Waals surface area contributed by atoms with Gasteiger partial charge in [0.2, 0.25) is 0 Å². The number of hydrogen-bond acceptors (Lipinski definition) is 2. The van der Waals surface area contributed by atoms with Crippen LogP contribution in [0.5, 0.6) is 0 Å². The first-order valence-corrected chi connectivity index (χ1v) is 7.35. The van der Waals surface area contributed by atoms with Gasteiger partial charge in [-0.25, -0.2) is 0 Å². The molecule has 0 amide bonds. The number of nitrogens with zero attached hydrogens (tertiary/aromatic N) is 1. The van der Waals surface area contributed by atoms with Crippen molar-refractivity contribution in [2.45, 2.75) is 45.1 Å². The number of aliphatic hydroxyl groups is 1. The molecule has 1 aromatic heterocycles. The molecule has 102 valence electrons. The molecule has 0 aliphatic heterocycles. The van der Waals surface area contributed by atoms with E-state index < -0.39 is 6.10 Å². The maximum atomic E-state index is 10.9. The highest BCUT2D eigenvalue weighted by atomic mass is 35.5. The van der Waals surface area contributed by atoms with E-state index in [1.54, 1.807) is 6.20 Å². The third kappa shape index (κ3) is 2.05. The van der Waals surface area contributed by atoms with Crippen LogP contribution >= 0.6 is 11.6 Å². The number of rotatable bonds is 4. The monoisotopic (exact) mass is 278 g/mol. The highest BCUT2D eigenvalue weighted by molar-refractivity contribution is 6.31. The Kier molecular flexibility index (Phi) is 3.27. The van der Waals surface area contributed by atoms with Crippen LogP contribution in [0.3, 0.4) is 0 Å². The molecule has 0 bridgehead atoms. The Labute approximate surface area is 118 Å². The molecule has 1 atom stereocenters. The first-order chi connectivity index (χ1) is 9.16. The van der Waals surface area contributed by atoms with Gasteiger partial charge in [-0.15, -0.1) is 0 Å². The zero-order chi connectivity index (χ0) is 13.5. The first kappa shape index (κ1) is 12.9. The SMILES string of the molecule is CCCC1(C(O)c2cc(Cl)cc3cn[nH]c23)CCC1. The number of aliphatic hydroxyl groups excluding tert-OH is 1. The van der Waals surface area contributed by atoms with Gasteiger partial charge in [0.15, 0.2) is 0 Å². The number of aromatic nitrogens is 2. The fourth-order valence-corrected chi connectivity index (χ4v) is 3.62. The number of aromatic amines is 1. The third-order valence-electron chi connectivity index (χ3n) is 4.52. The molecule has 2 N–H and O–H groups in total. The largest absolute Gasteiger partial charge is 0.388 e. The molecule has 4 heteroatoms. The maximum Gasteiger partial charge on any atom is 0.0867 e. The highest BCUT2D eigenvalue weighted by Crippen LogP contribution is 2.54. The summed E-state index contributed by atoms with van der Waals surface area (Å²) in [5.74, 6) is 0. The second-order valence-corrected chi connectivity index (χ2v) is 6.13. The summed E-state index contributed by atoms with van der Waals surface area (Å²) in [4.78, 5) is 0. The minimum atomic E-state index is -0.456. The summed E-state index contributed by atoms with van der Waals surface area (Å²) in [5, 5.41) is 19.5. The Morgan fingerprint density at radius 3 is 2.89 bits per heavy atom. The van der Waals surface area contributed by atoms with Crippen molar-refractivity contribution >= 4 is 22.5 Å². The molecule has 1 aliphatic rings.